The van der Waals surface area contributed by atoms with Crippen LogP contribution in [-0.4, -0.2) is 25.2 Å². The number of ether oxygens (including phenoxy) is 2. The van der Waals surface area contributed by atoms with Crippen molar-refractivity contribution >= 4 is 5.91 Å². The molecule has 0 fully saturated rings. The molecule has 0 radical (unpaired) electrons. The molecule has 23 heavy (non-hydrogen) atoms. The highest BCUT2D eigenvalue weighted by atomic mass is 16.5. The number of methoxy groups -OCH3 is 2. The molecular formula is C18H21NO4. The van der Waals surface area contributed by atoms with Crippen LogP contribution >= 0.6 is 0 Å². The van der Waals surface area contributed by atoms with Crippen molar-refractivity contribution in [2.45, 2.75) is 19.4 Å². The molecule has 2 aromatic rings. The van der Waals surface area contributed by atoms with Crippen molar-refractivity contribution in [3.63, 3.8) is 0 Å². The van der Waals surface area contributed by atoms with Crippen LogP contribution in [0.4, 0.5) is 0 Å². The van der Waals surface area contributed by atoms with E-state index in [0.717, 1.165) is 17.7 Å². The predicted octanol–water partition coefficient (Wildman–Crippen LogP) is 3.29. The number of phenolic OH excluding ortho intramolecular Hbond substituents is 1. The Bertz CT molecular complexity index is 667. The van der Waals surface area contributed by atoms with Crippen LogP contribution in [0, 0.1) is 0 Å². The lowest BCUT2D eigenvalue weighted by atomic mass is 10.0. The molecule has 1 amide bonds. The summed E-state index contributed by atoms with van der Waals surface area (Å²) >= 11 is 0. The summed E-state index contributed by atoms with van der Waals surface area (Å²) in [6, 6.07) is 12.0. The van der Waals surface area contributed by atoms with Gasteiger partial charge in [-0.15, -0.1) is 0 Å². The molecule has 0 heterocycles. The number of phenols is 1. The average molecular weight is 315 g/mol. The molecule has 5 nitrogen and oxygen atoms in total. The SMILES string of the molecule is CCC(NC(=O)c1ccc(OC)cc1O)c1ccc(OC)cc1. The molecule has 0 saturated heterocycles. The maximum absolute atomic E-state index is 12.4. The topological polar surface area (TPSA) is 67.8 Å². The second kappa shape index (κ2) is 7.54. The highest BCUT2D eigenvalue weighted by Gasteiger charge is 2.17. The smallest absolute Gasteiger partial charge is 0.255 e. The quantitative estimate of drug-likeness (QED) is 0.858. The first-order valence-corrected chi connectivity index (χ1v) is 7.40. The van der Waals surface area contributed by atoms with E-state index in [9.17, 15) is 9.90 Å². The monoisotopic (exact) mass is 315 g/mol. The summed E-state index contributed by atoms with van der Waals surface area (Å²) in [5, 5.41) is 12.9. The minimum Gasteiger partial charge on any atom is -0.507 e. The van der Waals surface area contributed by atoms with Crippen molar-refractivity contribution in [2.75, 3.05) is 14.2 Å². The normalized spacial score (nSPS) is 11.6. The van der Waals surface area contributed by atoms with Crippen LogP contribution in [0.1, 0.15) is 35.3 Å². The standard InChI is InChI=1S/C18H21NO4/c1-4-16(12-5-7-13(22-2)8-6-12)19-18(21)15-10-9-14(23-3)11-17(15)20/h5-11,16,20H,4H2,1-3H3,(H,19,21). The summed E-state index contributed by atoms with van der Waals surface area (Å²) in [5.41, 5.74) is 1.20. The maximum atomic E-state index is 12.4. The number of rotatable bonds is 6. The van der Waals surface area contributed by atoms with E-state index in [1.54, 1.807) is 19.2 Å². The molecule has 122 valence electrons. The molecule has 2 aromatic carbocycles. The van der Waals surface area contributed by atoms with Gasteiger partial charge in [0, 0.05) is 6.07 Å². The van der Waals surface area contributed by atoms with E-state index < -0.39 is 0 Å². The Balaban J connectivity index is 2.15. The summed E-state index contributed by atoms with van der Waals surface area (Å²) in [4.78, 5) is 12.4. The molecule has 1 atom stereocenters. The molecule has 0 aliphatic rings. The number of hydrogen-bond donors (Lipinski definition) is 2. The Hall–Kier alpha value is -2.69. The minimum absolute atomic E-state index is 0.105. The molecule has 0 aliphatic carbocycles. The zero-order valence-electron chi connectivity index (χ0n) is 13.5. The number of carbonyl (C=O) groups excluding carboxylic acids is 1. The average Bonchev–Trinajstić information content (AvgIpc) is 2.59. The van der Waals surface area contributed by atoms with E-state index in [0.29, 0.717) is 5.75 Å². The Labute approximate surface area is 135 Å². The van der Waals surface area contributed by atoms with Gasteiger partial charge in [0.05, 0.1) is 25.8 Å². The number of hydrogen-bond acceptors (Lipinski definition) is 4. The lowest BCUT2D eigenvalue weighted by molar-refractivity contribution is 0.0933. The minimum atomic E-state index is -0.326. The van der Waals surface area contributed by atoms with Gasteiger partial charge in [0.2, 0.25) is 0 Å². The number of benzene rings is 2. The van der Waals surface area contributed by atoms with E-state index in [4.69, 9.17) is 9.47 Å². The van der Waals surface area contributed by atoms with E-state index in [1.165, 1.54) is 13.2 Å². The largest absolute Gasteiger partial charge is 0.507 e. The summed E-state index contributed by atoms with van der Waals surface area (Å²) in [5.74, 6) is 0.836. The van der Waals surface area contributed by atoms with Gasteiger partial charge in [-0.1, -0.05) is 19.1 Å². The molecule has 5 heteroatoms. The predicted molar refractivity (Wildman–Crippen MR) is 88.2 cm³/mol. The molecule has 2 rings (SSSR count). The fourth-order valence-corrected chi connectivity index (χ4v) is 2.32. The Kier molecular flexibility index (Phi) is 5.46. The van der Waals surface area contributed by atoms with Gasteiger partial charge in [0.15, 0.2) is 0 Å². The zero-order chi connectivity index (χ0) is 16.8. The molecule has 1 unspecified atom stereocenters. The Morgan fingerprint density at radius 3 is 2.22 bits per heavy atom. The molecular weight excluding hydrogens is 294 g/mol. The van der Waals surface area contributed by atoms with Crippen LogP contribution < -0.4 is 14.8 Å². The van der Waals surface area contributed by atoms with Gasteiger partial charge in [-0.3, -0.25) is 4.79 Å². The fourth-order valence-electron chi connectivity index (χ4n) is 2.32. The van der Waals surface area contributed by atoms with Gasteiger partial charge >= 0.3 is 0 Å². The third-order valence-corrected chi connectivity index (χ3v) is 3.68. The summed E-state index contributed by atoms with van der Waals surface area (Å²) in [7, 11) is 3.12. The lowest BCUT2D eigenvalue weighted by Crippen LogP contribution is -2.28. The first kappa shape index (κ1) is 16.7. The van der Waals surface area contributed by atoms with Gasteiger partial charge < -0.3 is 19.9 Å². The third kappa shape index (κ3) is 3.94. The van der Waals surface area contributed by atoms with Crippen molar-refractivity contribution in [1.82, 2.24) is 5.32 Å². The van der Waals surface area contributed by atoms with Crippen LogP contribution in [0.5, 0.6) is 17.2 Å². The van der Waals surface area contributed by atoms with Crippen molar-refractivity contribution in [3.05, 3.63) is 53.6 Å². The Morgan fingerprint density at radius 2 is 1.70 bits per heavy atom. The molecule has 0 aromatic heterocycles. The number of aromatic hydroxyl groups is 1. The van der Waals surface area contributed by atoms with Gasteiger partial charge in [0.25, 0.3) is 5.91 Å². The van der Waals surface area contributed by atoms with Crippen molar-refractivity contribution in [2.24, 2.45) is 0 Å². The second-order valence-electron chi connectivity index (χ2n) is 5.09. The second-order valence-corrected chi connectivity index (χ2v) is 5.09. The number of nitrogens with one attached hydrogen (secondary N) is 1. The van der Waals surface area contributed by atoms with Gasteiger partial charge in [-0.25, -0.2) is 0 Å². The van der Waals surface area contributed by atoms with E-state index in [-0.39, 0.29) is 23.3 Å². The molecule has 0 bridgehead atoms. The summed E-state index contributed by atoms with van der Waals surface area (Å²) in [6.07, 6.45) is 0.731. The lowest BCUT2D eigenvalue weighted by Gasteiger charge is -2.18. The molecule has 0 spiro atoms. The number of amides is 1. The first-order chi connectivity index (χ1) is 11.1. The highest BCUT2D eigenvalue weighted by Crippen LogP contribution is 2.25. The van der Waals surface area contributed by atoms with Crippen LogP contribution in [-0.2, 0) is 0 Å². The summed E-state index contributed by atoms with van der Waals surface area (Å²) in [6.45, 7) is 1.99. The van der Waals surface area contributed by atoms with Crippen LogP contribution in [0.25, 0.3) is 0 Å². The van der Waals surface area contributed by atoms with E-state index >= 15 is 0 Å². The first-order valence-electron chi connectivity index (χ1n) is 7.40. The zero-order valence-corrected chi connectivity index (χ0v) is 13.5. The van der Waals surface area contributed by atoms with Crippen LogP contribution in [0.15, 0.2) is 42.5 Å². The van der Waals surface area contributed by atoms with Crippen molar-refractivity contribution in [1.29, 1.82) is 0 Å². The number of carbonyl (C=O) groups is 1. The summed E-state index contributed by atoms with van der Waals surface area (Å²) < 4.78 is 10.2. The van der Waals surface area contributed by atoms with Gasteiger partial charge in [-0.05, 0) is 36.2 Å². The molecule has 0 saturated carbocycles. The van der Waals surface area contributed by atoms with Crippen LogP contribution in [0.2, 0.25) is 0 Å². The van der Waals surface area contributed by atoms with Gasteiger partial charge in [0.1, 0.15) is 17.2 Å². The van der Waals surface area contributed by atoms with Crippen LogP contribution in [0.3, 0.4) is 0 Å². The third-order valence-electron chi connectivity index (χ3n) is 3.68. The highest BCUT2D eigenvalue weighted by molar-refractivity contribution is 5.97. The fraction of sp³-hybridized carbons (Fsp3) is 0.278. The maximum Gasteiger partial charge on any atom is 0.255 e. The molecule has 0 aliphatic heterocycles. The Morgan fingerprint density at radius 1 is 1.09 bits per heavy atom. The van der Waals surface area contributed by atoms with Crippen molar-refractivity contribution < 1.29 is 19.4 Å². The van der Waals surface area contributed by atoms with Crippen molar-refractivity contribution in [3.8, 4) is 17.2 Å². The molecule has 2 N–H and O–H groups in total. The van der Waals surface area contributed by atoms with E-state index in [1.807, 2.05) is 31.2 Å². The van der Waals surface area contributed by atoms with Gasteiger partial charge in [-0.2, -0.15) is 0 Å². The van der Waals surface area contributed by atoms with E-state index in [2.05, 4.69) is 5.32 Å².